The molecule has 2 aliphatic rings. The molecule has 3 rings (SSSR count). The van der Waals surface area contributed by atoms with Crippen molar-refractivity contribution >= 4 is 11.7 Å². The van der Waals surface area contributed by atoms with Crippen LogP contribution in [0.4, 0.5) is 10.5 Å². The summed E-state index contributed by atoms with van der Waals surface area (Å²) in [7, 11) is 0. The fourth-order valence-corrected chi connectivity index (χ4v) is 3.26. The summed E-state index contributed by atoms with van der Waals surface area (Å²) >= 11 is 0. The number of rotatable bonds is 0. The standard InChI is InChI=1S/C14H19N3O2/c15-13(18)16-9-7-14(8-10-16)6-5-11-3-1-2-4-12(11)17(14)19/h1-4,19H,5-10H2,(H2,15,18). The van der Waals surface area contributed by atoms with Crippen LogP contribution >= 0.6 is 0 Å². The summed E-state index contributed by atoms with van der Waals surface area (Å²) in [4.78, 5) is 12.8. The van der Waals surface area contributed by atoms with E-state index in [1.165, 1.54) is 10.6 Å². The van der Waals surface area contributed by atoms with Crippen molar-refractivity contribution in [1.82, 2.24) is 4.90 Å². The molecule has 2 amide bonds. The maximum absolute atomic E-state index is 11.2. The van der Waals surface area contributed by atoms with Crippen molar-refractivity contribution in [2.24, 2.45) is 5.73 Å². The largest absolute Gasteiger partial charge is 0.351 e. The molecule has 0 radical (unpaired) electrons. The first-order valence-corrected chi connectivity index (χ1v) is 6.74. The number of nitrogens with two attached hydrogens (primary N) is 1. The Morgan fingerprint density at radius 2 is 1.89 bits per heavy atom. The third kappa shape index (κ3) is 1.94. The minimum Gasteiger partial charge on any atom is -0.351 e. The van der Waals surface area contributed by atoms with E-state index in [-0.39, 0.29) is 11.6 Å². The molecule has 1 aromatic rings. The van der Waals surface area contributed by atoms with Crippen LogP contribution in [0.1, 0.15) is 24.8 Å². The van der Waals surface area contributed by atoms with Crippen LogP contribution < -0.4 is 10.8 Å². The summed E-state index contributed by atoms with van der Waals surface area (Å²) in [6.45, 7) is 1.24. The van der Waals surface area contributed by atoms with Crippen molar-refractivity contribution in [1.29, 1.82) is 0 Å². The van der Waals surface area contributed by atoms with Gasteiger partial charge in [-0.1, -0.05) is 18.2 Å². The Bertz CT molecular complexity index is 495. The summed E-state index contributed by atoms with van der Waals surface area (Å²) in [5, 5.41) is 12.0. The van der Waals surface area contributed by atoms with Crippen molar-refractivity contribution in [2.75, 3.05) is 18.2 Å². The average molecular weight is 261 g/mol. The van der Waals surface area contributed by atoms with Gasteiger partial charge in [0.2, 0.25) is 0 Å². The van der Waals surface area contributed by atoms with E-state index in [2.05, 4.69) is 6.07 Å². The number of amides is 2. The predicted octanol–water partition coefficient (Wildman–Crippen LogP) is 1.74. The molecule has 0 saturated carbocycles. The number of carbonyl (C=O) groups is 1. The summed E-state index contributed by atoms with van der Waals surface area (Å²) < 4.78 is 0. The number of nitrogens with zero attached hydrogens (tertiary/aromatic N) is 2. The van der Waals surface area contributed by atoms with E-state index in [1.54, 1.807) is 4.90 Å². The lowest BCUT2D eigenvalue weighted by Crippen LogP contribution is -2.58. The second-order valence-electron chi connectivity index (χ2n) is 5.49. The minimum atomic E-state index is -0.365. The fourth-order valence-electron chi connectivity index (χ4n) is 3.26. The molecule has 0 bridgehead atoms. The topological polar surface area (TPSA) is 69.8 Å². The van der Waals surface area contributed by atoms with Gasteiger partial charge in [-0.05, 0) is 37.3 Å². The Hall–Kier alpha value is -1.75. The number of para-hydroxylation sites is 1. The Kier molecular flexibility index (Phi) is 2.86. The first-order chi connectivity index (χ1) is 9.12. The fraction of sp³-hybridized carbons (Fsp3) is 0.500. The molecular weight excluding hydrogens is 242 g/mol. The van der Waals surface area contributed by atoms with Gasteiger partial charge in [0.1, 0.15) is 0 Å². The van der Waals surface area contributed by atoms with Gasteiger partial charge in [-0.3, -0.25) is 10.3 Å². The van der Waals surface area contributed by atoms with Gasteiger partial charge >= 0.3 is 6.03 Å². The first-order valence-electron chi connectivity index (χ1n) is 6.74. The second kappa shape index (κ2) is 4.42. The third-order valence-corrected chi connectivity index (χ3v) is 4.53. The minimum absolute atomic E-state index is 0.236. The smallest absolute Gasteiger partial charge is 0.314 e. The van der Waals surface area contributed by atoms with Gasteiger partial charge in [0.05, 0.1) is 11.2 Å². The van der Waals surface area contributed by atoms with Gasteiger partial charge in [-0.2, -0.15) is 0 Å². The van der Waals surface area contributed by atoms with Crippen molar-refractivity contribution in [3.05, 3.63) is 29.8 Å². The highest BCUT2D eigenvalue weighted by atomic mass is 16.5. The lowest BCUT2D eigenvalue weighted by Gasteiger charge is -2.49. The van der Waals surface area contributed by atoms with Crippen molar-refractivity contribution < 1.29 is 10.0 Å². The Morgan fingerprint density at radius 1 is 1.21 bits per heavy atom. The Labute approximate surface area is 112 Å². The first kappa shape index (κ1) is 12.3. The highest BCUT2D eigenvalue weighted by molar-refractivity contribution is 5.72. The maximum atomic E-state index is 11.2. The Balaban J connectivity index is 1.82. The maximum Gasteiger partial charge on any atom is 0.314 e. The molecule has 1 saturated heterocycles. The van der Waals surface area contributed by atoms with E-state index in [0.29, 0.717) is 13.1 Å². The molecule has 102 valence electrons. The van der Waals surface area contributed by atoms with E-state index < -0.39 is 0 Å². The van der Waals surface area contributed by atoms with Gasteiger partial charge in [0.25, 0.3) is 0 Å². The van der Waals surface area contributed by atoms with Crippen LogP contribution in [-0.2, 0) is 6.42 Å². The zero-order valence-corrected chi connectivity index (χ0v) is 10.9. The molecule has 1 aromatic carbocycles. The molecular formula is C14H19N3O2. The van der Waals surface area contributed by atoms with E-state index in [0.717, 1.165) is 31.4 Å². The molecule has 0 aromatic heterocycles. The molecule has 0 unspecified atom stereocenters. The van der Waals surface area contributed by atoms with E-state index in [1.807, 2.05) is 18.2 Å². The third-order valence-electron chi connectivity index (χ3n) is 4.53. The van der Waals surface area contributed by atoms with Crippen LogP contribution in [-0.4, -0.2) is 34.8 Å². The van der Waals surface area contributed by atoms with Crippen LogP contribution in [0.5, 0.6) is 0 Å². The van der Waals surface area contributed by atoms with Gasteiger partial charge in [0, 0.05) is 13.1 Å². The number of primary amides is 1. The zero-order valence-electron chi connectivity index (χ0n) is 10.9. The molecule has 0 aliphatic carbocycles. The van der Waals surface area contributed by atoms with Gasteiger partial charge < -0.3 is 10.6 Å². The number of anilines is 1. The summed E-state index contributed by atoms with van der Waals surface area (Å²) in [5.41, 5.74) is 7.16. The van der Waals surface area contributed by atoms with Gasteiger partial charge in [0.15, 0.2) is 0 Å². The lowest BCUT2D eigenvalue weighted by molar-refractivity contribution is 0.0763. The number of carbonyl (C=O) groups excluding carboxylic acids is 1. The van der Waals surface area contributed by atoms with Gasteiger partial charge in [-0.15, -0.1) is 0 Å². The summed E-state index contributed by atoms with van der Waals surface area (Å²) in [6.07, 6.45) is 3.43. The number of hydrogen-bond donors (Lipinski definition) is 2. The van der Waals surface area contributed by atoms with Crippen molar-refractivity contribution in [2.45, 2.75) is 31.2 Å². The van der Waals surface area contributed by atoms with Crippen LogP contribution in [0.3, 0.4) is 0 Å². The van der Waals surface area contributed by atoms with E-state index in [4.69, 9.17) is 5.73 Å². The SMILES string of the molecule is NC(=O)N1CCC2(CCc3ccccc3N2O)CC1. The normalized spacial score (nSPS) is 21.3. The predicted molar refractivity (Wildman–Crippen MR) is 72.1 cm³/mol. The molecule has 5 nitrogen and oxygen atoms in total. The highest BCUT2D eigenvalue weighted by Crippen LogP contribution is 2.41. The number of piperidine rings is 1. The van der Waals surface area contributed by atoms with Crippen molar-refractivity contribution in [3.63, 3.8) is 0 Å². The van der Waals surface area contributed by atoms with Crippen LogP contribution in [0, 0.1) is 0 Å². The number of urea groups is 1. The molecule has 5 heteroatoms. The quantitative estimate of drug-likeness (QED) is 0.747. The summed E-state index contributed by atoms with van der Waals surface area (Å²) in [5.74, 6) is 0. The molecule has 0 atom stereocenters. The van der Waals surface area contributed by atoms with Crippen LogP contribution in [0.2, 0.25) is 0 Å². The highest BCUT2D eigenvalue weighted by Gasteiger charge is 2.43. The van der Waals surface area contributed by atoms with E-state index >= 15 is 0 Å². The number of likely N-dealkylation sites (tertiary alicyclic amines) is 1. The molecule has 19 heavy (non-hydrogen) atoms. The zero-order chi connectivity index (χ0) is 13.5. The number of fused-ring (bicyclic) bond motifs is 1. The molecule has 2 heterocycles. The summed E-state index contributed by atoms with van der Waals surface area (Å²) in [6, 6.07) is 7.59. The van der Waals surface area contributed by atoms with Crippen molar-refractivity contribution in [3.8, 4) is 0 Å². The molecule has 3 N–H and O–H groups in total. The van der Waals surface area contributed by atoms with Crippen LogP contribution in [0.25, 0.3) is 0 Å². The Morgan fingerprint density at radius 3 is 2.58 bits per heavy atom. The number of hydroxylamine groups is 1. The second-order valence-corrected chi connectivity index (χ2v) is 5.49. The molecule has 2 aliphatic heterocycles. The van der Waals surface area contributed by atoms with Gasteiger partial charge in [-0.25, -0.2) is 4.79 Å². The number of benzene rings is 1. The molecule has 1 fully saturated rings. The average Bonchev–Trinajstić information content (AvgIpc) is 2.44. The number of aryl methyl sites for hydroxylation is 1. The molecule has 1 spiro atoms. The van der Waals surface area contributed by atoms with E-state index in [9.17, 15) is 10.0 Å². The monoisotopic (exact) mass is 261 g/mol. The van der Waals surface area contributed by atoms with Crippen LogP contribution in [0.15, 0.2) is 24.3 Å². The lowest BCUT2D eigenvalue weighted by atomic mass is 9.78. The number of hydrogen-bond acceptors (Lipinski definition) is 3.